The first kappa shape index (κ1) is 14.4. The van der Waals surface area contributed by atoms with E-state index in [2.05, 4.69) is 0 Å². The molecule has 0 N–H and O–H groups in total. The minimum Gasteiger partial charge on any atom is -0.192 e. The Morgan fingerprint density at radius 1 is 0.588 bits per heavy atom. The predicted molar refractivity (Wildman–Crippen MR) is 69.0 cm³/mol. The third kappa shape index (κ3) is 5.77. The lowest BCUT2D eigenvalue weighted by Gasteiger charge is -1.80. The fourth-order valence-electron chi connectivity index (χ4n) is 1.03. The van der Waals surface area contributed by atoms with Crippen molar-refractivity contribution in [1.82, 2.24) is 0 Å². The fraction of sp³-hybridized carbons (Fsp3) is 0.0667. The predicted octanol–water partition coefficient (Wildman–Crippen LogP) is 3.75. The van der Waals surface area contributed by atoms with Crippen LogP contribution < -0.4 is 0 Å². The third-order valence-corrected chi connectivity index (χ3v) is 1.81. The Bertz CT molecular complexity index is 440. The average Bonchev–Trinajstić information content (AvgIpc) is 2.41. The molecule has 84 valence electrons. The van der Waals surface area contributed by atoms with E-state index in [1.807, 2.05) is 48.5 Å². The summed E-state index contributed by atoms with van der Waals surface area (Å²) in [6.07, 6.45) is 0. The highest BCUT2D eigenvalue weighted by molar-refractivity contribution is 5.27. The van der Waals surface area contributed by atoms with E-state index in [-0.39, 0.29) is 7.43 Å². The lowest BCUT2D eigenvalue weighted by Crippen LogP contribution is -1.66. The highest BCUT2D eigenvalue weighted by Crippen LogP contribution is 1.93. The van der Waals surface area contributed by atoms with Gasteiger partial charge < -0.3 is 0 Å². The first-order chi connectivity index (χ1) is 7.86. The van der Waals surface area contributed by atoms with Crippen molar-refractivity contribution in [2.45, 2.75) is 7.43 Å². The van der Waals surface area contributed by atoms with Gasteiger partial charge in [0.15, 0.2) is 0 Å². The van der Waals surface area contributed by atoms with Gasteiger partial charge in [0.25, 0.3) is 0 Å². The zero-order chi connectivity index (χ0) is 11.6. The van der Waals surface area contributed by atoms with Crippen molar-refractivity contribution in [1.29, 1.82) is 10.5 Å². The zero-order valence-corrected chi connectivity index (χ0v) is 8.67. The van der Waals surface area contributed by atoms with Gasteiger partial charge in [-0.1, -0.05) is 43.8 Å². The Balaban J connectivity index is 0.000000284. The SMILES string of the molecule is C.N#Cc1ccccc1.N#Cc1ccccc1. The Morgan fingerprint density at radius 2 is 0.882 bits per heavy atom. The molecule has 2 heteroatoms. The summed E-state index contributed by atoms with van der Waals surface area (Å²) < 4.78 is 0. The normalized spacial score (nSPS) is 7.41. The average molecular weight is 222 g/mol. The molecule has 0 bridgehead atoms. The lowest BCUT2D eigenvalue weighted by molar-refractivity contribution is 1.49. The monoisotopic (exact) mass is 222 g/mol. The maximum atomic E-state index is 8.29. The molecule has 0 fully saturated rings. The van der Waals surface area contributed by atoms with Gasteiger partial charge in [-0.05, 0) is 24.3 Å². The summed E-state index contributed by atoms with van der Waals surface area (Å²) in [6.45, 7) is 0. The summed E-state index contributed by atoms with van der Waals surface area (Å²) >= 11 is 0. The molecule has 0 aliphatic heterocycles. The minimum absolute atomic E-state index is 0. The summed E-state index contributed by atoms with van der Waals surface area (Å²) in [5.74, 6) is 0. The molecule has 2 rings (SSSR count). The van der Waals surface area contributed by atoms with Crippen LogP contribution in [0.1, 0.15) is 18.6 Å². The van der Waals surface area contributed by atoms with Crippen LogP contribution >= 0.6 is 0 Å². The van der Waals surface area contributed by atoms with Crippen LogP contribution in [0.3, 0.4) is 0 Å². The number of nitriles is 2. The van der Waals surface area contributed by atoms with E-state index in [0.717, 1.165) is 0 Å². The molecule has 0 aliphatic carbocycles. The number of nitrogens with zero attached hydrogens (tertiary/aromatic N) is 2. The molecule has 17 heavy (non-hydrogen) atoms. The molecule has 0 aliphatic rings. The molecule has 2 aromatic rings. The van der Waals surface area contributed by atoms with E-state index >= 15 is 0 Å². The van der Waals surface area contributed by atoms with Crippen LogP contribution in [-0.4, -0.2) is 0 Å². The van der Waals surface area contributed by atoms with Gasteiger partial charge in [-0.25, -0.2) is 0 Å². The van der Waals surface area contributed by atoms with E-state index in [9.17, 15) is 0 Å². The van der Waals surface area contributed by atoms with Crippen molar-refractivity contribution >= 4 is 0 Å². The number of benzene rings is 2. The van der Waals surface area contributed by atoms with Gasteiger partial charge in [-0.2, -0.15) is 10.5 Å². The molecule has 0 heterocycles. The molecule has 0 unspecified atom stereocenters. The number of rotatable bonds is 0. The Hall–Kier alpha value is -2.58. The second-order valence-corrected chi connectivity index (χ2v) is 2.96. The van der Waals surface area contributed by atoms with E-state index in [0.29, 0.717) is 11.1 Å². The van der Waals surface area contributed by atoms with Crippen LogP contribution in [0.15, 0.2) is 60.7 Å². The molecule has 0 atom stereocenters. The molecular formula is C15H14N2. The number of hydrogen-bond donors (Lipinski definition) is 0. The van der Waals surface area contributed by atoms with Crippen LogP contribution in [0.25, 0.3) is 0 Å². The van der Waals surface area contributed by atoms with Crippen LogP contribution in [0.2, 0.25) is 0 Å². The van der Waals surface area contributed by atoms with Gasteiger partial charge in [-0.3, -0.25) is 0 Å². The van der Waals surface area contributed by atoms with E-state index < -0.39 is 0 Å². The van der Waals surface area contributed by atoms with Gasteiger partial charge in [0.05, 0.1) is 23.3 Å². The van der Waals surface area contributed by atoms with E-state index in [1.54, 1.807) is 24.3 Å². The molecule has 0 radical (unpaired) electrons. The second kappa shape index (κ2) is 8.71. The van der Waals surface area contributed by atoms with Crippen LogP contribution in [0, 0.1) is 22.7 Å². The van der Waals surface area contributed by atoms with Crippen molar-refractivity contribution in [3.05, 3.63) is 71.8 Å². The van der Waals surface area contributed by atoms with Gasteiger partial charge in [0.1, 0.15) is 0 Å². The van der Waals surface area contributed by atoms with Crippen LogP contribution in [0.5, 0.6) is 0 Å². The molecule has 2 aromatic carbocycles. The molecule has 0 spiro atoms. The van der Waals surface area contributed by atoms with Crippen LogP contribution in [-0.2, 0) is 0 Å². The molecule has 0 saturated carbocycles. The Morgan fingerprint density at radius 3 is 1.06 bits per heavy atom. The maximum absolute atomic E-state index is 8.29. The fourth-order valence-corrected chi connectivity index (χ4v) is 1.03. The first-order valence-electron chi connectivity index (χ1n) is 4.77. The Kier molecular flexibility index (Phi) is 7.38. The summed E-state index contributed by atoms with van der Waals surface area (Å²) in [5.41, 5.74) is 1.43. The van der Waals surface area contributed by atoms with Gasteiger partial charge >= 0.3 is 0 Å². The quantitative estimate of drug-likeness (QED) is 0.681. The summed E-state index contributed by atoms with van der Waals surface area (Å²) in [5, 5.41) is 16.6. The van der Waals surface area contributed by atoms with Gasteiger partial charge in [0.2, 0.25) is 0 Å². The standard InChI is InChI=1S/2C7H5N.CH4/c2*8-6-7-4-2-1-3-5-7;/h2*1-5H;1H4. The minimum atomic E-state index is 0. The maximum Gasteiger partial charge on any atom is 0.0991 e. The molecule has 0 amide bonds. The molecule has 0 aromatic heterocycles. The topological polar surface area (TPSA) is 47.6 Å². The largest absolute Gasteiger partial charge is 0.192 e. The van der Waals surface area contributed by atoms with Crippen molar-refractivity contribution in [2.75, 3.05) is 0 Å². The van der Waals surface area contributed by atoms with Crippen molar-refractivity contribution in [3.63, 3.8) is 0 Å². The molecular weight excluding hydrogens is 208 g/mol. The summed E-state index contributed by atoms with van der Waals surface area (Å²) in [6, 6.07) is 22.3. The highest BCUT2D eigenvalue weighted by Gasteiger charge is 1.80. The Labute approximate surface area is 102 Å². The third-order valence-electron chi connectivity index (χ3n) is 1.81. The number of hydrogen-bond acceptors (Lipinski definition) is 2. The highest BCUT2D eigenvalue weighted by atomic mass is 14.2. The van der Waals surface area contributed by atoms with Gasteiger partial charge in [-0.15, -0.1) is 0 Å². The zero-order valence-electron chi connectivity index (χ0n) is 8.67. The molecule has 2 nitrogen and oxygen atoms in total. The summed E-state index contributed by atoms with van der Waals surface area (Å²) in [4.78, 5) is 0. The van der Waals surface area contributed by atoms with Crippen molar-refractivity contribution < 1.29 is 0 Å². The van der Waals surface area contributed by atoms with E-state index in [4.69, 9.17) is 10.5 Å². The first-order valence-corrected chi connectivity index (χ1v) is 4.77. The lowest BCUT2D eigenvalue weighted by atomic mass is 10.2. The molecule has 0 saturated heterocycles. The van der Waals surface area contributed by atoms with Crippen molar-refractivity contribution in [2.24, 2.45) is 0 Å². The summed E-state index contributed by atoms with van der Waals surface area (Å²) in [7, 11) is 0. The smallest absolute Gasteiger partial charge is 0.0991 e. The second-order valence-electron chi connectivity index (χ2n) is 2.96. The van der Waals surface area contributed by atoms with Crippen LogP contribution in [0.4, 0.5) is 0 Å². The van der Waals surface area contributed by atoms with E-state index in [1.165, 1.54) is 0 Å². The van der Waals surface area contributed by atoms with Crippen molar-refractivity contribution in [3.8, 4) is 12.1 Å². The van der Waals surface area contributed by atoms with Gasteiger partial charge in [0, 0.05) is 0 Å².